The van der Waals surface area contributed by atoms with Gasteiger partial charge in [-0.05, 0) is 12.1 Å². The largest absolute Gasteiger partial charge is 0.465 e. The van der Waals surface area contributed by atoms with E-state index in [1.165, 1.54) is 4.90 Å². The van der Waals surface area contributed by atoms with E-state index in [4.69, 9.17) is 10.8 Å². The first-order chi connectivity index (χ1) is 10.1. The fourth-order valence-electron chi connectivity index (χ4n) is 2.73. The van der Waals surface area contributed by atoms with Crippen LogP contribution < -0.4 is 5.73 Å². The lowest BCUT2D eigenvalue weighted by Crippen LogP contribution is -2.48. The molecule has 3 N–H and O–H groups in total. The number of carboxylic acid groups (broad SMARTS) is 1. The summed E-state index contributed by atoms with van der Waals surface area (Å²) in [4.78, 5) is 18.9. The zero-order valence-corrected chi connectivity index (χ0v) is 11.8. The van der Waals surface area contributed by atoms with E-state index < -0.39 is 6.09 Å². The van der Waals surface area contributed by atoms with Crippen LogP contribution in [0.1, 0.15) is 0 Å². The Balaban J connectivity index is 1.62. The number of amides is 1. The molecule has 1 aliphatic heterocycles. The summed E-state index contributed by atoms with van der Waals surface area (Å²) in [6.45, 7) is 4.26. The van der Waals surface area contributed by atoms with E-state index in [1.54, 1.807) is 0 Å². The van der Waals surface area contributed by atoms with E-state index in [9.17, 15) is 4.79 Å². The Hall–Kier alpha value is -2.28. The average molecular weight is 289 g/mol. The Kier molecular flexibility index (Phi) is 3.66. The second-order valence-electron chi connectivity index (χ2n) is 5.22. The number of piperazine rings is 1. The van der Waals surface area contributed by atoms with E-state index in [-0.39, 0.29) is 0 Å². The van der Waals surface area contributed by atoms with Crippen LogP contribution in [0.15, 0.2) is 24.3 Å². The van der Waals surface area contributed by atoms with Gasteiger partial charge in [0.2, 0.25) is 5.95 Å². The van der Waals surface area contributed by atoms with Gasteiger partial charge >= 0.3 is 6.09 Å². The Bertz CT molecular complexity index is 646. The first-order valence-corrected chi connectivity index (χ1v) is 7.06. The molecule has 3 rings (SSSR count). The molecule has 7 nitrogen and oxygen atoms in total. The van der Waals surface area contributed by atoms with Gasteiger partial charge in [-0.1, -0.05) is 12.1 Å². The van der Waals surface area contributed by atoms with Gasteiger partial charge < -0.3 is 20.3 Å². The maximum atomic E-state index is 10.9. The molecule has 1 amide bonds. The molecule has 0 bridgehead atoms. The van der Waals surface area contributed by atoms with Crippen LogP contribution in [0.5, 0.6) is 0 Å². The molecule has 1 saturated heterocycles. The Labute approximate surface area is 122 Å². The van der Waals surface area contributed by atoms with Crippen LogP contribution in [0.2, 0.25) is 0 Å². The summed E-state index contributed by atoms with van der Waals surface area (Å²) in [5.41, 5.74) is 7.93. The number of aromatic nitrogens is 2. The van der Waals surface area contributed by atoms with Gasteiger partial charge in [0.05, 0.1) is 11.0 Å². The second-order valence-corrected chi connectivity index (χ2v) is 5.22. The van der Waals surface area contributed by atoms with Crippen LogP contribution >= 0.6 is 0 Å². The molecule has 0 saturated carbocycles. The van der Waals surface area contributed by atoms with Crippen LogP contribution in [0.4, 0.5) is 10.7 Å². The minimum absolute atomic E-state index is 0.528. The van der Waals surface area contributed by atoms with Gasteiger partial charge in [0, 0.05) is 39.3 Å². The zero-order valence-electron chi connectivity index (χ0n) is 11.8. The van der Waals surface area contributed by atoms with Crippen molar-refractivity contribution >= 4 is 23.1 Å². The lowest BCUT2D eigenvalue weighted by molar-refractivity contribution is 0.104. The molecule has 0 atom stereocenters. The maximum absolute atomic E-state index is 10.9. The summed E-state index contributed by atoms with van der Waals surface area (Å²) in [6.07, 6.45) is -0.834. The molecule has 21 heavy (non-hydrogen) atoms. The number of rotatable bonds is 3. The first-order valence-electron chi connectivity index (χ1n) is 7.06. The fraction of sp³-hybridized carbons (Fsp3) is 0.429. The van der Waals surface area contributed by atoms with E-state index in [0.717, 1.165) is 37.2 Å². The van der Waals surface area contributed by atoms with Gasteiger partial charge in [-0.3, -0.25) is 4.90 Å². The Morgan fingerprint density at radius 1 is 1.19 bits per heavy atom. The monoisotopic (exact) mass is 289 g/mol. The molecule has 0 unspecified atom stereocenters. The molecule has 2 aromatic rings. The summed E-state index contributed by atoms with van der Waals surface area (Å²) in [5, 5.41) is 8.94. The van der Waals surface area contributed by atoms with Crippen molar-refractivity contribution in [3.8, 4) is 0 Å². The summed E-state index contributed by atoms with van der Waals surface area (Å²) >= 11 is 0. The highest BCUT2D eigenvalue weighted by molar-refractivity contribution is 5.78. The van der Waals surface area contributed by atoms with Crippen molar-refractivity contribution in [3.05, 3.63) is 24.3 Å². The lowest BCUT2D eigenvalue weighted by atomic mass is 10.3. The highest BCUT2D eigenvalue weighted by Gasteiger charge is 2.20. The topological polar surface area (TPSA) is 87.6 Å². The quantitative estimate of drug-likeness (QED) is 0.877. The molecular weight excluding hydrogens is 270 g/mol. The fourth-order valence-corrected chi connectivity index (χ4v) is 2.73. The number of hydrogen-bond donors (Lipinski definition) is 2. The predicted octanol–water partition coefficient (Wildman–Crippen LogP) is 0.914. The number of nitrogens with two attached hydrogens (primary N) is 1. The molecular formula is C14H19N5O2. The van der Waals surface area contributed by atoms with Crippen molar-refractivity contribution in [3.63, 3.8) is 0 Å². The molecule has 0 spiro atoms. The summed E-state index contributed by atoms with van der Waals surface area (Å²) < 4.78 is 2.01. The SMILES string of the molecule is Nc1nc2ccccc2n1CCN1CCN(C(=O)O)CC1. The maximum Gasteiger partial charge on any atom is 0.407 e. The van der Waals surface area contributed by atoms with Gasteiger partial charge in [-0.2, -0.15) is 0 Å². The molecule has 1 aromatic heterocycles. The van der Waals surface area contributed by atoms with Crippen LogP contribution in [0.3, 0.4) is 0 Å². The average Bonchev–Trinajstić information content (AvgIpc) is 2.81. The number of nitrogen functional groups attached to an aromatic ring is 1. The van der Waals surface area contributed by atoms with E-state index in [2.05, 4.69) is 9.88 Å². The molecule has 0 aliphatic carbocycles. The third kappa shape index (κ3) is 2.78. The molecule has 1 fully saturated rings. The summed E-state index contributed by atoms with van der Waals surface area (Å²) in [7, 11) is 0. The normalized spacial score (nSPS) is 16.5. The van der Waals surface area contributed by atoms with Crippen LogP contribution in [0.25, 0.3) is 11.0 Å². The summed E-state index contributed by atoms with van der Waals surface area (Å²) in [6, 6.07) is 7.89. The van der Waals surface area contributed by atoms with Gasteiger partial charge in [0.25, 0.3) is 0 Å². The summed E-state index contributed by atoms with van der Waals surface area (Å²) in [5.74, 6) is 0.528. The molecule has 7 heteroatoms. The zero-order chi connectivity index (χ0) is 14.8. The van der Waals surface area contributed by atoms with Crippen molar-refractivity contribution in [1.82, 2.24) is 19.4 Å². The number of imidazole rings is 1. The lowest BCUT2D eigenvalue weighted by Gasteiger charge is -2.33. The van der Waals surface area contributed by atoms with Crippen molar-refractivity contribution in [1.29, 1.82) is 0 Å². The Morgan fingerprint density at radius 2 is 1.90 bits per heavy atom. The third-order valence-electron chi connectivity index (χ3n) is 3.97. The number of hydrogen-bond acceptors (Lipinski definition) is 4. The molecule has 112 valence electrons. The van der Waals surface area contributed by atoms with E-state index >= 15 is 0 Å². The third-order valence-corrected chi connectivity index (χ3v) is 3.97. The van der Waals surface area contributed by atoms with Crippen molar-refractivity contribution < 1.29 is 9.90 Å². The Morgan fingerprint density at radius 3 is 2.62 bits per heavy atom. The van der Waals surface area contributed by atoms with E-state index in [0.29, 0.717) is 19.0 Å². The number of carbonyl (C=O) groups is 1. The van der Waals surface area contributed by atoms with Crippen molar-refractivity contribution in [2.45, 2.75) is 6.54 Å². The first kappa shape index (κ1) is 13.7. The predicted molar refractivity (Wildman–Crippen MR) is 80.2 cm³/mol. The van der Waals surface area contributed by atoms with Crippen molar-refractivity contribution in [2.75, 3.05) is 38.5 Å². The van der Waals surface area contributed by atoms with Gasteiger partial charge in [-0.15, -0.1) is 0 Å². The number of benzene rings is 1. The van der Waals surface area contributed by atoms with Crippen molar-refractivity contribution in [2.24, 2.45) is 0 Å². The molecule has 1 aromatic carbocycles. The van der Waals surface area contributed by atoms with Gasteiger partial charge in [0.15, 0.2) is 0 Å². The minimum atomic E-state index is -0.834. The highest BCUT2D eigenvalue weighted by Crippen LogP contribution is 2.17. The number of para-hydroxylation sites is 2. The second kappa shape index (κ2) is 5.61. The molecule has 2 heterocycles. The number of anilines is 1. The molecule has 1 aliphatic rings. The molecule has 0 radical (unpaired) electrons. The number of fused-ring (bicyclic) bond motifs is 1. The van der Waals surface area contributed by atoms with E-state index in [1.807, 2.05) is 28.8 Å². The number of nitrogens with zero attached hydrogens (tertiary/aromatic N) is 4. The van der Waals surface area contributed by atoms with Crippen LogP contribution in [-0.2, 0) is 6.54 Å². The van der Waals surface area contributed by atoms with Gasteiger partial charge in [0.1, 0.15) is 0 Å². The minimum Gasteiger partial charge on any atom is -0.465 e. The highest BCUT2D eigenvalue weighted by atomic mass is 16.4. The van der Waals surface area contributed by atoms with Crippen LogP contribution in [-0.4, -0.2) is 63.3 Å². The van der Waals surface area contributed by atoms with Gasteiger partial charge in [-0.25, -0.2) is 9.78 Å². The van der Waals surface area contributed by atoms with Crippen LogP contribution in [0, 0.1) is 0 Å². The standard InChI is InChI=1S/C14H19N5O2/c15-13-16-11-3-1-2-4-12(11)19(13)10-7-17-5-8-18(9-6-17)14(20)21/h1-4H,5-10H2,(H2,15,16)(H,20,21). The smallest absolute Gasteiger partial charge is 0.407 e.